The Bertz CT molecular complexity index is 1150. The maximum Gasteiger partial charge on any atom is 0.137 e. The van der Waals surface area contributed by atoms with Crippen LogP contribution in [0.15, 0.2) is 60.9 Å². The van der Waals surface area contributed by atoms with Crippen LogP contribution in [0.25, 0.3) is 10.9 Å². The highest BCUT2D eigenvalue weighted by Gasteiger charge is 2.32. The third-order valence-corrected chi connectivity index (χ3v) is 4.66. The number of halogens is 1. The van der Waals surface area contributed by atoms with Gasteiger partial charge in [-0.25, -0.2) is 9.37 Å². The number of H-pyrrole nitrogens is 1. The lowest BCUT2D eigenvalue weighted by atomic mass is 9.85. The second-order valence-electron chi connectivity index (χ2n) is 6.65. The SMILES string of the molecule is N#Cc1ccc2nc(CC(O)(Cc3ncn[nH]3)c3ccc(F)cc3)ccc2c1. The van der Waals surface area contributed by atoms with Gasteiger partial charge in [0.15, 0.2) is 0 Å². The lowest BCUT2D eigenvalue weighted by Gasteiger charge is -2.28. The molecule has 6 nitrogen and oxygen atoms in total. The monoisotopic (exact) mass is 373 g/mol. The van der Waals surface area contributed by atoms with Gasteiger partial charge < -0.3 is 5.11 Å². The van der Waals surface area contributed by atoms with Crippen molar-refractivity contribution in [3.63, 3.8) is 0 Å². The summed E-state index contributed by atoms with van der Waals surface area (Å²) in [4.78, 5) is 8.72. The van der Waals surface area contributed by atoms with Crippen molar-refractivity contribution in [1.29, 1.82) is 5.26 Å². The van der Waals surface area contributed by atoms with Crippen molar-refractivity contribution in [2.75, 3.05) is 0 Å². The molecule has 0 spiro atoms. The Morgan fingerprint density at radius 1 is 1.07 bits per heavy atom. The van der Waals surface area contributed by atoms with Crippen LogP contribution in [0.1, 0.15) is 22.6 Å². The van der Waals surface area contributed by atoms with Crippen molar-refractivity contribution in [2.45, 2.75) is 18.4 Å². The molecule has 2 aromatic carbocycles. The highest BCUT2D eigenvalue weighted by molar-refractivity contribution is 5.80. The molecule has 0 radical (unpaired) electrons. The van der Waals surface area contributed by atoms with Crippen LogP contribution in [0.2, 0.25) is 0 Å². The van der Waals surface area contributed by atoms with Crippen LogP contribution in [-0.2, 0) is 18.4 Å². The minimum absolute atomic E-state index is 0.172. The quantitative estimate of drug-likeness (QED) is 0.560. The number of aromatic amines is 1. The van der Waals surface area contributed by atoms with Gasteiger partial charge >= 0.3 is 0 Å². The molecule has 1 atom stereocenters. The zero-order chi connectivity index (χ0) is 19.6. The molecule has 0 aliphatic rings. The summed E-state index contributed by atoms with van der Waals surface area (Å²) >= 11 is 0. The number of benzene rings is 2. The molecule has 4 rings (SSSR count). The maximum absolute atomic E-state index is 13.4. The highest BCUT2D eigenvalue weighted by Crippen LogP contribution is 2.29. The number of hydrogen-bond acceptors (Lipinski definition) is 5. The van der Waals surface area contributed by atoms with E-state index in [9.17, 15) is 9.50 Å². The smallest absolute Gasteiger partial charge is 0.137 e. The van der Waals surface area contributed by atoms with E-state index >= 15 is 0 Å². The lowest BCUT2D eigenvalue weighted by molar-refractivity contribution is 0.0342. The summed E-state index contributed by atoms with van der Waals surface area (Å²) < 4.78 is 13.4. The first-order chi connectivity index (χ1) is 13.6. The van der Waals surface area contributed by atoms with Crippen LogP contribution >= 0.6 is 0 Å². The zero-order valence-electron chi connectivity index (χ0n) is 14.8. The molecule has 4 aromatic rings. The van der Waals surface area contributed by atoms with Gasteiger partial charge in [0.05, 0.1) is 17.1 Å². The van der Waals surface area contributed by atoms with E-state index in [-0.39, 0.29) is 18.7 Å². The fraction of sp³-hybridized carbons (Fsp3) is 0.143. The predicted molar refractivity (Wildman–Crippen MR) is 101 cm³/mol. The van der Waals surface area contributed by atoms with E-state index in [4.69, 9.17) is 5.26 Å². The van der Waals surface area contributed by atoms with Gasteiger partial charge in [-0.05, 0) is 42.0 Å². The molecule has 2 N–H and O–H groups in total. The van der Waals surface area contributed by atoms with E-state index in [2.05, 4.69) is 26.2 Å². The number of aromatic nitrogens is 4. The molecule has 0 aliphatic carbocycles. The predicted octanol–water partition coefficient (Wildman–Crippen LogP) is 3.04. The van der Waals surface area contributed by atoms with Crippen molar-refractivity contribution in [1.82, 2.24) is 20.2 Å². The summed E-state index contributed by atoms with van der Waals surface area (Å²) in [7, 11) is 0. The van der Waals surface area contributed by atoms with Gasteiger partial charge in [0, 0.05) is 23.9 Å². The minimum atomic E-state index is -1.35. The van der Waals surface area contributed by atoms with Crippen LogP contribution in [0.3, 0.4) is 0 Å². The molecule has 28 heavy (non-hydrogen) atoms. The Morgan fingerprint density at radius 3 is 2.61 bits per heavy atom. The standard InChI is InChI=1S/C21H16FN5O/c22-17-5-3-16(4-6-17)21(28,11-20-24-13-25-27-20)10-18-7-2-15-9-14(12-23)1-8-19(15)26-18/h1-9,13,28H,10-11H2,(H,24,25,27). The van der Waals surface area contributed by atoms with Gasteiger partial charge in [0.2, 0.25) is 0 Å². The lowest BCUT2D eigenvalue weighted by Crippen LogP contribution is -2.32. The Balaban J connectivity index is 1.71. The third-order valence-electron chi connectivity index (χ3n) is 4.66. The van der Waals surface area contributed by atoms with Crippen molar-refractivity contribution in [3.05, 3.63) is 89.4 Å². The molecule has 2 aromatic heterocycles. The molecular formula is C21H16FN5O. The minimum Gasteiger partial charge on any atom is -0.384 e. The number of fused-ring (bicyclic) bond motifs is 1. The van der Waals surface area contributed by atoms with Gasteiger partial charge in [-0.1, -0.05) is 18.2 Å². The van der Waals surface area contributed by atoms with Crippen LogP contribution in [0, 0.1) is 17.1 Å². The number of nitrogens with zero attached hydrogens (tertiary/aromatic N) is 4. The Hall–Kier alpha value is -3.63. The van der Waals surface area contributed by atoms with Gasteiger partial charge in [-0.15, -0.1) is 0 Å². The molecular weight excluding hydrogens is 357 g/mol. The zero-order valence-corrected chi connectivity index (χ0v) is 14.8. The van der Waals surface area contributed by atoms with Crippen LogP contribution in [-0.4, -0.2) is 25.3 Å². The Kier molecular flexibility index (Phi) is 4.55. The normalized spacial score (nSPS) is 13.2. The number of aliphatic hydroxyl groups is 1. The Labute approximate surface area is 160 Å². The highest BCUT2D eigenvalue weighted by atomic mass is 19.1. The molecule has 0 saturated heterocycles. The first-order valence-corrected chi connectivity index (χ1v) is 8.68. The first kappa shape index (κ1) is 17.8. The second-order valence-corrected chi connectivity index (χ2v) is 6.65. The summed E-state index contributed by atoms with van der Waals surface area (Å²) in [5, 5.41) is 27.9. The van der Waals surface area contributed by atoms with Crippen molar-refractivity contribution in [3.8, 4) is 6.07 Å². The van der Waals surface area contributed by atoms with Gasteiger partial charge in [0.25, 0.3) is 0 Å². The first-order valence-electron chi connectivity index (χ1n) is 8.68. The van der Waals surface area contributed by atoms with Crippen LogP contribution < -0.4 is 0 Å². The third kappa shape index (κ3) is 3.59. The fourth-order valence-electron chi connectivity index (χ4n) is 3.26. The molecule has 0 saturated carbocycles. The number of hydrogen-bond donors (Lipinski definition) is 2. The largest absolute Gasteiger partial charge is 0.384 e. The summed E-state index contributed by atoms with van der Waals surface area (Å²) in [6.45, 7) is 0. The molecule has 7 heteroatoms. The van der Waals surface area contributed by atoms with Gasteiger partial charge in [0.1, 0.15) is 23.6 Å². The topological polar surface area (TPSA) is 98.5 Å². The van der Waals surface area contributed by atoms with Crippen LogP contribution in [0.5, 0.6) is 0 Å². The van der Waals surface area contributed by atoms with Crippen LogP contribution in [0.4, 0.5) is 4.39 Å². The average Bonchev–Trinajstić information content (AvgIpc) is 3.20. The summed E-state index contributed by atoms with van der Waals surface area (Å²) in [5.74, 6) is 0.147. The molecule has 0 bridgehead atoms. The van der Waals surface area contributed by atoms with Gasteiger partial charge in [-0.2, -0.15) is 10.4 Å². The molecule has 0 fully saturated rings. The average molecular weight is 373 g/mol. The number of rotatable bonds is 5. The number of nitriles is 1. The molecule has 2 heterocycles. The summed E-state index contributed by atoms with van der Waals surface area (Å²) in [6, 6.07) is 16.8. The molecule has 0 aliphatic heterocycles. The van der Waals surface area contributed by atoms with Gasteiger partial charge in [-0.3, -0.25) is 10.1 Å². The summed E-state index contributed by atoms with van der Waals surface area (Å²) in [5.41, 5.74) is 1.18. The van der Waals surface area contributed by atoms with E-state index in [0.717, 1.165) is 10.9 Å². The molecule has 138 valence electrons. The van der Waals surface area contributed by atoms with Crippen molar-refractivity contribution < 1.29 is 9.50 Å². The second kappa shape index (κ2) is 7.18. The van der Waals surface area contributed by atoms with E-state index in [1.54, 1.807) is 30.3 Å². The van der Waals surface area contributed by atoms with Crippen molar-refractivity contribution in [2.24, 2.45) is 0 Å². The van der Waals surface area contributed by atoms with E-state index in [1.165, 1.54) is 18.5 Å². The number of nitrogens with one attached hydrogen (secondary N) is 1. The maximum atomic E-state index is 13.4. The number of pyridine rings is 1. The molecule has 1 unspecified atom stereocenters. The van der Waals surface area contributed by atoms with Crippen molar-refractivity contribution >= 4 is 10.9 Å². The summed E-state index contributed by atoms with van der Waals surface area (Å²) in [6.07, 6.45) is 1.75. The van der Waals surface area contributed by atoms with E-state index in [1.807, 2.05) is 12.1 Å². The molecule has 0 amide bonds. The fourth-order valence-corrected chi connectivity index (χ4v) is 3.26. The Morgan fingerprint density at radius 2 is 1.89 bits per heavy atom. The van der Waals surface area contributed by atoms with E-state index < -0.39 is 5.60 Å². The van der Waals surface area contributed by atoms with E-state index in [0.29, 0.717) is 22.6 Å².